The van der Waals surface area contributed by atoms with Gasteiger partial charge in [-0.05, 0) is 30.0 Å². The number of imide groups is 1. The van der Waals surface area contributed by atoms with Gasteiger partial charge in [-0.3, -0.25) is 24.6 Å². The maximum atomic E-state index is 12.8. The molecule has 0 N–H and O–H groups in total. The summed E-state index contributed by atoms with van der Waals surface area (Å²) < 4.78 is 5.33. The fourth-order valence-electron chi connectivity index (χ4n) is 3.25. The second-order valence-corrected chi connectivity index (χ2v) is 7.21. The van der Waals surface area contributed by atoms with Crippen LogP contribution in [0.15, 0.2) is 48.5 Å². The van der Waals surface area contributed by atoms with Gasteiger partial charge in [-0.2, -0.15) is 0 Å². The van der Waals surface area contributed by atoms with Crippen molar-refractivity contribution >= 4 is 23.5 Å². The maximum Gasteiger partial charge on any atom is 0.329 e. The van der Waals surface area contributed by atoms with Crippen molar-refractivity contribution in [3.8, 4) is 0 Å². The van der Waals surface area contributed by atoms with E-state index in [0.717, 1.165) is 4.90 Å². The second kappa shape index (κ2) is 8.22. The third kappa shape index (κ3) is 4.16. The first-order valence-corrected chi connectivity index (χ1v) is 9.16. The summed E-state index contributed by atoms with van der Waals surface area (Å²) in [5, 5.41) is 10.9. The normalized spacial score (nSPS) is 14.1. The molecule has 1 aliphatic heterocycles. The number of carbonyl (C=O) groups excluding carboxylic acids is 3. The van der Waals surface area contributed by atoms with E-state index in [1.54, 1.807) is 30.3 Å². The van der Waals surface area contributed by atoms with Crippen LogP contribution in [0.4, 0.5) is 5.69 Å². The van der Waals surface area contributed by atoms with E-state index < -0.39 is 28.7 Å². The summed E-state index contributed by atoms with van der Waals surface area (Å²) in [4.78, 5) is 49.6. The van der Waals surface area contributed by atoms with Crippen LogP contribution in [0.5, 0.6) is 0 Å². The number of ether oxygens (including phenoxy) is 1. The minimum absolute atomic E-state index is 0.0228. The van der Waals surface area contributed by atoms with Crippen LogP contribution in [-0.2, 0) is 16.1 Å². The third-order valence-electron chi connectivity index (χ3n) is 4.61. The lowest BCUT2D eigenvalue weighted by atomic mass is 10.0. The van der Waals surface area contributed by atoms with Crippen molar-refractivity contribution in [2.45, 2.75) is 32.9 Å². The minimum Gasteiger partial charge on any atom is -0.459 e. The number of benzene rings is 2. The first kappa shape index (κ1) is 20.2. The van der Waals surface area contributed by atoms with E-state index in [2.05, 4.69) is 0 Å². The van der Waals surface area contributed by atoms with Crippen molar-refractivity contribution in [1.82, 2.24) is 4.90 Å². The predicted molar refractivity (Wildman–Crippen MR) is 103 cm³/mol. The topological polar surface area (TPSA) is 107 Å². The maximum absolute atomic E-state index is 12.8. The number of nitro benzene ring substituents is 1. The average molecular weight is 396 g/mol. The van der Waals surface area contributed by atoms with Crippen molar-refractivity contribution in [2.75, 3.05) is 0 Å². The molecule has 0 radical (unpaired) electrons. The Labute approximate surface area is 167 Å². The molecule has 1 aliphatic rings. The SMILES string of the molecule is CC(C)C[C@H](C(=O)OCc1cccc([N+](=O)[O-])c1)N1C(=O)c2ccccc2C1=O. The highest BCUT2D eigenvalue weighted by Gasteiger charge is 2.43. The Morgan fingerprint density at radius 3 is 2.24 bits per heavy atom. The van der Waals surface area contributed by atoms with Crippen molar-refractivity contribution < 1.29 is 24.0 Å². The van der Waals surface area contributed by atoms with E-state index >= 15 is 0 Å². The lowest BCUT2D eigenvalue weighted by molar-refractivity contribution is -0.384. The number of carbonyl (C=O) groups is 3. The molecule has 29 heavy (non-hydrogen) atoms. The molecule has 2 amide bonds. The summed E-state index contributed by atoms with van der Waals surface area (Å²) in [6, 6.07) is 11.1. The molecule has 1 atom stereocenters. The van der Waals surface area contributed by atoms with Gasteiger partial charge in [0.2, 0.25) is 0 Å². The first-order valence-electron chi connectivity index (χ1n) is 9.16. The zero-order chi connectivity index (χ0) is 21.1. The Morgan fingerprint density at radius 1 is 1.07 bits per heavy atom. The van der Waals surface area contributed by atoms with Gasteiger partial charge in [-0.15, -0.1) is 0 Å². The molecule has 0 unspecified atom stereocenters. The van der Waals surface area contributed by atoms with Gasteiger partial charge in [0.25, 0.3) is 17.5 Å². The van der Waals surface area contributed by atoms with Crippen LogP contribution in [0.1, 0.15) is 46.5 Å². The van der Waals surface area contributed by atoms with Crippen LogP contribution in [0.2, 0.25) is 0 Å². The first-order chi connectivity index (χ1) is 13.8. The molecule has 2 aromatic rings. The number of non-ortho nitro benzene ring substituents is 1. The van der Waals surface area contributed by atoms with Crippen molar-refractivity contribution in [1.29, 1.82) is 0 Å². The lowest BCUT2D eigenvalue weighted by Gasteiger charge is -2.26. The fourth-order valence-corrected chi connectivity index (χ4v) is 3.25. The van der Waals surface area contributed by atoms with Gasteiger partial charge in [0.15, 0.2) is 0 Å². The Morgan fingerprint density at radius 2 is 1.69 bits per heavy atom. The molecule has 2 aromatic carbocycles. The number of hydrogen-bond donors (Lipinski definition) is 0. The van der Waals surface area contributed by atoms with Crippen LogP contribution in [0, 0.1) is 16.0 Å². The van der Waals surface area contributed by atoms with E-state index in [0.29, 0.717) is 5.56 Å². The van der Waals surface area contributed by atoms with Crippen LogP contribution < -0.4 is 0 Å². The number of rotatable bonds is 7. The molecular weight excluding hydrogens is 376 g/mol. The van der Waals surface area contributed by atoms with Gasteiger partial charge in [-0.25, -0.2) is 4.79 Å². The highest BCUT2D eigenvalue weighted by molar-refractivity contribution is 6.22. The number of nitro groups is 1. The Balaban J connectivity index is 1.80. The molecule has 0 saturated carbocycles. The number of nitrogens with zero attached hydrogens (tertiary/aromatic N) is 2. The van der Waals surface area contributed by atoms with Gasteiger partial charge >= 0.3 is 5.97 Å². The van der Waals surface area contributed by atoms with Crippen LogP contribution in [0.3, 0.4) is 0 Å². The molecule has 0 aliphatic carbocycles. The minimum atomic E-state index is -1.07. The highest BCUT2D eigenvalue weighted by Crippen LogP contribution is 2.27. The quantitative estimate of drug-likeness (QED) is 0.307. The van der Waals surface area contributed by atoms with Crippen molar-refractivity contribution in [3.63, 3.8) is 0 Å². The molecule has 0 spiro atoms. The second-order valence-electron chi connectivity index (χ2n) is 7.21. The molecule has 8 heteroatoms. The number of fused-ring (bicyclic) bond motifs is 1. The summed E-state index contributed by atoms with van der Waals surface area (Å²) >= 11 is 0. The summed E-state index contributed by atoms with van der Waals surface area (Å²) in [5.74, 6) is -1.75. The van der Waals surface area contributed by atoms with Gasteiger partial charge in [0, 0.05) is 12.1 Å². The number of esters is 1. The molecule has 0 fully saturated rings. The number of amides is 2. The smallest absolute Gasteiger partial charge is 0.329 e. The average Bonchev–Trinajstić information content (AvgIpc) is 2.95. The predicted octanol–water partition coefficient (Wildman–Crippen LogP) is 3.35. The summed E-state index contributed by atoms with van der Waals surface area (Å²) in [5.41, 5.74) is 0.853. The van der Waals surface area contributed by atoms with E-state index in [1.165, 1.54) is 18.2 Å². The molecular formula is C21H20N2O6. The number of hydrogen-bond acceptors (Lipinski definition) is 6. The molecule has 150 valence electrons. The molecule has 0 aromatic heterocycles. The fraction of sp³-hybridized carbons (Fsp3) is 0.286. The molecule has 0 saturated heterocycles. The van der Waals surface area contributed by atoms with Gasteiger partial charge in [0.1, 0.15) is 12.6 Å². The Bertz CT molecular complexity index is 950. The van der Waals surface area contributed by atoms with E-state index in [9.17, 15) is 24.5 Å². The summed E-state index contributed by atoms with van der Waals surface area (Å²) in [6.07, 6.45) is 0.249. The summed E-state index contributed by atoms with van der Waals surface area (Å²) in [7, 11) is 0. The van der Waals surface area contributed by atoms with Crippen LogP contribution in [0.25, 0.3) is 0 Å². The zero-order valence-corrected chi connectivity index (χ0v) is 16.0. The summed E-state index contributed by atoms with van der Waals surface area (Å²) in [6.45, 7) is 3.55. The van der Waals surface area contributed by atoms with Crippen LogP contribution in [-0.4, -0.2) is 33.6 Å². The van der Waals surface area contributed by atoms with E-state index in [4.69, 9.17) is 4.74 Å². The highest BCUT2D eigenvalue weighted by atomic mass is 16.6. The van der Waals surface area contributed by atoms with Gasteiger partial charge < -0.3 is 4.74 Å². The third-order valence-corrected chi connectivity index (χ3v) is 4.61. The van der Waals surface area contributed by atoms with Gasteiger partial charge in [-0.1, -0.05) is 38.1 Å². The Kier molecular flexibility index (Phi) is 5.72. The van der Waals surface area contributed by atoms with Crippen LogP contribution >= 0.6 is 0 Å². The van der Waals surface area contributed by atoms with Gasteiger partial charge in [0.05, 0.1) is 16.1 Å². The largest absolute Gasteiger partial charge is 0.459 e. The zero-order valence-electron chi connectivity index (χ0n) is 16.0. The van der Waals surface area contributed by atoms with E-state index in [1.807, 2.05) is 13.8 Å². The van der Waals surface area contributed by atoms with E-state index in [-0.39, 0.29) is 35.8 Å². The molecule has 1 heterocycles. The van der Waals surface area contributed by atoms with Crippen molar-refractivity contribution in [3.05, 3.63) is 75.3 Å². The Hall–Kier alpha value is -3.55. The monoisotopic (exact) mass is 396 g/mol. The van der Waals surface area contributed by atoms with Crippen molar-refractivity contribution in [2.24, 2.45) is 5.92 Å². The molecule has 0 bridgehead atoms. The molecule has 3 rings (SSSR count). The lowest BCUT2D eigenvalue weighted by Crippen LogP contribution is -2.46. The molecule has 8 nitrogen and oxygen atoms in total. The standard InChI is InChI=1S/C21H20N2O6/c1-13(2)10-18(22-19(24)16-8-3-4-9-17(16)20(22)25)21(26)29-12-14-6-5-7-15(11-14)23(27)28/h3-9,11,13,18H,10,12H2,1-2H3/t18-/m1/s1.